The Kier molecular flexibility index (Phi) is 7.94. The number of ether oxygens (including phenoxy) is 1. The third kappa shape index (κ3) is 6.05. The van der Waals surface area contributed by atoms with Gasteiger partial charge in [0.2, 0.25) is 0 Å². The molecule has 35 heavy (non-hydrogen) atoms. The Morgan fingerprint density at radius 2 is 1.46 bits per heavy atom. The lowest BCUT2D eigenvalue weighted by atomic mass is 9.76. The minimum Gasteiger partial charge on any atom is -0.456 e. The molecule has 0 fully saturated rings. The number of nitrogen functional groups attached to an aromatic ring is 1. The van der Waals surface area contributed by atoms with Crippen LogP contribution in [0.5, 0.6) is 11.5 Å². The van der Waals surface area contributed by atoms with Crippen molar-refractivity contribution in [2.75, 3.05) is 11.1 Å². The van der Waals surface area contributed by atoms with Crippen LogP contribution < -0.4 is 15.8 Å². The predicted molar refractivity (Wildman–Crippen MR) is 148 cm³/mol. The average molecular weight is 473 g/mol. The fourth-order valence-corrected chi connectivity index (χ4v) is 3.92. The molecule has 0 saturated heterocycles. The summed E-state index contributed by atoms with van der Waals surface area (Å²) in [6.07, 6.45) is 2.95. The van der Waals surface area contributed by atoms with E-state index in [1.54, 1.807) is 18.2 Å². The number of benzene rings is 3. The molecule has 0 unspecified atom stereocenters. The number of amides is 1. The van der Waals surface area contributed by atoms with Crippen LogP contribution in [0.3, 0.4) is 0 Å². The van der Waals surface area contributed by atoms with Gasteiger partial charge in [-0.15, -0.1) is 0 Å². The molecule has 4 heteroatoms. The third-order valence-electron chi connectivity index (χ3n) is 7.35. The fraction of sp³-hybridized carbons (Fsp3) is 0.387. The molecule has 0 aliphatic heterocycles. The molecule has 0 bridgehead atoms. The van der Waals surface area contributed by atoms with Gasteiger partial charge in [-0.25, -0.2) is 0 Å². The summed E-state index contributed by atoms with van der Waals surface area (Å²) in [6.45, 7) is 15.5. The van der Waals surface area contributed by atoms with Crippen molar-refractivity contribution in [1.29, 1.82) is 0 Å². The Hall–Kier alpha value is -3.27. The smallest absolute Gasteiger partial charge is 0.259 e. The highest BCUT2D eigenvalue weighted by molar-refractivity contribution is 6.06. The maximum absolute atomic E-state index is 13.2. The standard InChI is InChI=1S/C31H40N2O2/c1-8-21-11-15-24(16-12-21)33-29(34)25-20-23(32)14-18-27(25)35-28-17-13-22(30(4,5)9-2)19-26(28)31(6,7)10-3/h11-20H,8-10,32H2,1-7H3,(H,33,34). The quantitative estimate of drug-likeness (QED) is 0.308. The first kappa shape index (κ1) is 26.3. The van der Waals surface area contributed by atoms with E-state index in [9.17, 15) is 4.79 Å². The summed E-state index contributed by atoms with van der Waals surface area (Å²) in [7, 11) is 0. The number of nitrogens with one attached hydrogen (secondary N) is 1. The second kappa shape index (κ2) is 10.6. The van der Waals surface area contributed by atoms with Gasteiger partial charge in [0.15, 0.2) is 0 Å². The van der Waals surface area contributed by atoms with Crippen LogP contribution in [0.2, 0.25) is 0 Å². The van der Waals surface area contributed by atoms with Crippen molar-refractivity contribution in [3.05, 3.63) is 82.9 Å². The van der Waals surface area contributed by atoms with Gasteiger partial charge in [0.05, 0.1) is 5.56 Å². The number of rotatable bonds is 9. The summed E-state index contributed by atoms with van der Waals surface area (Å²) in [5.41, 5.74) is 11.3. The number of carbonyl (C=O) groups excluding carboxylic acids is 1. The largest absolute Gasteiger partial charge is 0.456 e. The highest BCUT2D eigenvalue weighted by Crippen LogP contribution is 2.41. The van der Waals surface area contributed by atoms with Gasteiger partial charge in [-0.2, -0.15) is 0 Å². The van der Waals surface area contributed by atoms with Crippen LogP contribution >= 0.6 is 0 Å². The summed E-state index contributed by atoms with van der Waals surface area (Å²) in [6, 6.07) is 19.5. The molecule has 0 heterocycles. The molecule has 3 aromatic carbocycles. The highest BCUT2D eigenvalue weighted by atomic mass is 16.5. The maximum Gasteiger partial charge on any atom is 0.259 e. The monoisotopic (exact) mass is 472 g/mol. The zero-order chi connectivity index (χ0) is 25.8. The Morgan fingerprint density at radius 1 is 0.829 bits per heavy atom. The van der Waals surface area contributed by atoms with Gasteiger partial charge in [0.25, 0.3) is 5.91 Å². The molecule has 3 aromatic rings. The number of hydrogen-bond donors (Lipinski definition) is 2. The van der Waals surface area contributed by atoms with Crippen molar-refractivity contribution in [3.63, 3.8) is 0 Å². The van der Waals surface area contributed by atoms with Gasteiger partial charge in [0, 0.05) is 16.9 Å². The van der Waals surface area contributed by atoms with E-state index in [1.165, 1.54) is 11.1 Å². The van der Waals surface area contributed by atoms with Gasteiger partial charge in [0.1, 0.15) is 11.5 Å². The van der Waals surface area contributed by atoms with Gasteiger partial charge in [-0.05, 0) is 77.6 Å². The Balaban J connectivity index is 2.00. The first-order valence-electron chi connectivity index (χ1n) is 12.6. The van der Waals surface area contributed by atoms with Gasteiger partial charge >= 0.3 is 0 Å². The van der Waals surface area contributed by atoms with E-state index in [0.29, 0.717) is 17.0 Å². The molecule has 0 aromatic heterocycles. The molecule has 0 spiro atoms. The summed E-state index contributed by atoms with van der Waals surface area (Å²) in [5, 5.41) is 2.98. The first-order valence-corrected chi connectivity index (χ1v) is 12.6. The molecule has 186 valence electrons. The van der Waals surface area contributed by atoms with Crippen LogP contribution in [0.25, 0.3) is 0 Å². The van der Waals surface area contributed by atoms with Gasteiger partial charge < -0.3 is 15.8 Å². The number of anilines is 2. The number of hydrogen-bond acceptors (Lipinski definition) is 3. The van der Waals surface area contributed by atoms with Gasteiger partial charge in [-0.1, -0.05) is 72.7 Å². The molecule has 0 atom stereocenters. The number of carbonyl (C=O) groups is 1. The Bertz CT molecular complexity index is 1180. The van der Waals surface area contributed by atoms with Crippen molar-refractivity contribution in [2.45, 2.75) is 78.6 Å². The number of nitrogens with two attached hydrogens (primary N) is 1. The minimum absolute atomic E-state index is 0.0661. The molecule has 0 radical (unpaired) electrons. The van der Waals surface area contributed by atoms with E-state index in [1.807, 2.05) is 30.3 Å². The third-order valence-corrected chi connectivity index (χ3v) is 7.35. The summed E-state index contributed by atoms with van der Waals surface area (Å²) < 4.78 is 6.46. The molecule has 0 aliphatic carbocycles. The molecule has 0 saturated carbocycles. The second-order valence-electron chi connectivity index (χ2n) is 10.5. The van der Waals surface area contributed by atoms with Crippen LogP contribution in [0.1, 0.15) is 88.4 Å². The summed E-state index contributed by atoms with van der Waals surface area (Å²) >= 11 is 0. The SMILES string of the molecule is CCc1ccc(NC(=O)c2cc(N)ccc2Oc2ccc(C(C)(C)CC)cc2C(C)(C)CC)cc1. The van der Waals surface area contributed by atoms with E-state index >= 15 is 0 Å². The molecular formula is C31H40N2O2. The predicted octanol–water partition coefficient (Wildman–Crippen LogP) is 8.25. The van der Waals surface area contributed by atoms with Crippen molar-refractivity contribution in [3.8, 4) is 11.5 Å². The van der Waals surface area contributed by atoms with E-state index in [-0.39, 0.29) is 16.7 Å². The lowest BCUT2D eigenvalue weighted by Gasteiger charge is -2.30. The molecule has 3 N–H and O–H groups in total. The zero-order valence-electron chi connectivity index (χ0n) is 22.3. The highest BCUT2D eigenvalue weighted by Gasteiger charge is 2.27. The second-order valence-corrected chi connectivity index (χ2v) is 10.5. The molecule has 1 amide bonds. The first-order chi connectivity index (χ1) is 16.5. The van der Waals surface area contributed by atoms with Crippen molar-refractivity contribution in [2.24, 2.45) is 0 Å². The summed E-state index contributed by atoms with van der Waals surface area (Å²) in [5.74, 6) is 0.993. The lowest BCUT2D eigenvalue weighted by molar-refractivity contribution is 0.102. The topological polar surface area (TPSA) is 64.4 Å². The van der Waals surface area contributed by atoms with Gasteiger partial charge in [-0.3, -0.25) is 4.79 Å². The number of aryl methyl sites for hydroxylation is 1. The maximum atomic E-state index is 13.2. The average Bonchev–Trinajstić information content (AvgIpc) is 2.85. The van der Waals surface area contributed by atoms with Crippen molar-refractivity contribution in [1.82, 2.24) is 0 Å². The molecule has 4 nitrogen and oxygen atoms in total. The lowest BCUT2D eigenvalue weighted by Crippen LogP contribution is -2.21. The Labute approximate surface area is 210 Å². The van der Waals surface area contributed by atoms with E-state index in [2.05, 4.69) is 65.9 Å². The minimum atomic E-state index is -0.253. The van der Waals surface area contributed by atoms with Crippen molar-refractivity contribution >= 4 is 17.3 Å². The van der Waals surface area contributed by atoms with E-state index < -0.39 is 0 Å². The van der Waals surface area contributed by atoms with Crippen LogP contribution in [0.4, 0.5) is 11.4 Å². The van der Waals surface area contributed by atoms with Crippen LogP contribution in [0.15, 0.2) is 60.7 Å². The fourth-order valence-electron chi connectivity index (χ4n) is 3.92. The van der Waals surface area contributed by atoms with E-state index in [4.69, 9.17) is 10.5 Å². The van der Waals surface area contributed by atoms with E-state index in [0.717, 1.165) is 36.3 Å². The Morgan fingerprint density at radius 3 is 2.06 bits per heavy atom. The van der Waals surface area contributed by atoms with Crippen LogP contribution in [0, 0.1) is 0 Å². The molecule has 3 rings (SSSR count). The zero-order valence-corrected chi connectivity index (χ0v) is 22.3. The van der Waals surface area contributed by atoms with Crippen LogP contribution in [-0.2, 0) is 17.3 Å². The normalized spacial score (nSPS) is 11.9. The molecule has 0 aliphatic rings. The summed E-state index contributed by atoms with van der Waals surface area (Å²) in [4.78, 5) is 13.2. The molecular weight excluding hydrogens is 432 g/mol. The van der Waals surface area contributed by atoms with Crippen molar-refractivity contribution < 1.29 is 9.53 Å². The van der Waals surface area contributed by atoms with Crippen LogP contribution in [-0.4, -0.2) is 5.91 Å².